The van der Waals surface area contributed by atoms with E-state index in [0.717, 1.165) is 32.5 Å². The SMILES string of the molecule is CCC(CN)CNCCc1ccc(SC)cc1. The summed E-state index contributed by atoms with van der Waals surface area (Å²) < 4.78 is 0. The van der Waals surface area contributed by atoms with E-state index < -0.39 is 0 Å². The zero-order valence-electron chi connectivity index (χ0n) is 10.9. The molecule has 0 aliphatic heterocycles. The van der Waals surface area contributed by atoms with Gasteiger partial charge < -0.3 is 11.1 Å². The van der Waals surface area contributed by atoms with E-state index in [1.807, 2.05) is 0 Å². The minimum atomic E-state index is 0.619. The highest BCUT2D eigenvalue weighted by Crippen LogP contribution is 2.14. The molecule has 0 heterocycles. The summed E-state index contributed by atoms with van der Waals surface area (Å²) in [5.41, 5.74) is 7.07. The van der Waals surface area contributed by atoms with Gasteiger partial charge in [0, 0.05) is 4.90 Å². The van der Waals surface area contributed by atoms with E-state index in [0.29, 0.717) is 5.92 Å². The van der Waals surface area contributed by atoms with E-state index in [1.54, 1.807) is 11.8 Å². The van der Waals surface area contributed by atoms with Crippen molar-refractivity contribution in [1.29, 1.82) is 0 Å². The summed E-state index contributed by atoms with van der Waals surface area (Å²) in [7, 11) is 0. The minimum Gasteiger partial charge on any atom is -0.330 e. The second-order valence-electron chi connectivity index (χ2n) is 4.31. The molecule has 96 valence electrons. The molecular formula is C14H24N2S. The van der Waals surface area contributed by atoms with Crippen molar-refractivity contribution in [3.8, 4) is 0 Å². The monoisotopic (exact) mass is 252 g/mol. The first-order valence-electron chi connectivity index (χ1n) is 6.33. The Kier molecular flexibility index (Phi) is 7.33. The standard InChI is InChI=1S/C14H24N2S/c1-3-12(10-15)11-16-9-8-13-4-6-14(17-2)7-5-13/h4-7,12,16H,3,8-11,15H2,1-2H3. The van der Waals surface area contributed by atoms with Gasteiger partial charge in [-0.05, 0) is 55.9 Å². The highest BCUT2D eigenvalue weighted by atomic mass is 32.2. The predicted octanol–water partition coefficient (Wildman–Crippen LogP) is 2.53. The molecule has 3 N–H and O–H groups in total. The summed E-state index contributed by atoms with van der Waals surface area (Å²) in [6.45, 7) is 5.05. The van der Waals surface area contributed by atoms with Gasteiger partial charge in [0.2, 0.25) is 0 Å². The van der Waals surface area contributed by atoms with E-state index in [4.69, 9.17) is 5.73 Å². The van der Waals surface area contributed by atoms with E-state index in [1.165, 1.54) is 10.5 Å². The van der Waals surface area contributed by atoms with Crippen LogP contribution >= 0.6 is 11.8 Å². The Morgan fingerprint density at radius 1 is 1.29 bits per heavy atom. The molecule has 0 spiro atoms. The van der Waals surface area contributed by atoms with Crippen LogP contribution in [0.4, 0.5) is 0 Å². The molecule has 1 aromatic rings. The third-order valence-corrected chi connectivity index (χ3v) is 3.84. The first kappa shape index (κ1) is 14.6. The number of nitrogens with one attached hydrogen (secondary N) is 1. The molecule has 0 saturated carbocycles. The fourth-order valence-electron chi connectivity index (χ4n) is 1.73. The van der Waals surface area contributed by atoms with Crippen molar-refractivity contribution >= 4 is 11.8 Å². The van der Waals surface area contributed by atoms with Crippen LogP contribution in [0.3, 0.4) is 0 Å². The number of hydrogen-bond donors (Lipinski definition) is 2. The van der Waals surface area contributed by atoms with E-state index in [9.17, 15) is 0 Å². The molecule has 1 rings (SSSR count). The van der Waals surface area contributed by atoms with Crippen LogP contribution in [0.25, 0.3) is 0 Å². The number of rotatable bonds is 8. The number of thioether (sulfide) groups is 1. The Hall–Kier alpha value is -0.510. The lowest BCUT2D eigenvalue weighted by Gasteiger charge is -2.13. The molecule has 0 amide bonds. The van der Waals surface area contributed by atoms with Crippen molar-refractivity contribution in [2.24, 2.45) is 11.7 Å². The zero-order valence-corrected chi connectivity index (χ0v) is 11.7. The van der Waals surface area contributed by atoms with Crippen molar-refractivity contribution in [1.82, 2.24) is 5.32 Å². The van der Waals surface area contributed by atoms with E-state index in [-0.39, 0.29) is 0 Å². The number of benzene rings is 1. The van der Waals surface area contributed by atoms with Gasteiger partial charge in [-0.3, -0.25) is 0 Å². The molecule has 1 atom stereocenters. The van der Waals surface area contributed by atoms with Crippen LogP contribution in [0.1, 0.15) is 18.9 Å². The zero-order chi connectivity index (χ0) is 12.5. The second kappa shape index (κ2) is 8.56. The molecule has 0 aromatic heterocycles. The lowest BCUT2D eigenvalue weighted by Crippen LogP contribution is -2.29. The largest absolute Gasteiger partial charge is 0.330 e. The van der Waals surface area contributed by atoms with Gasteiger partial charge in [0.1, 0.15) is 0 Å². The highest BCUT2D eigenvalue weighted by molar-refractivity contribution is 7.98. The van der Waals surface area contributed by atoms with Crippen LogP contribution in [0.2, 0.25) is 0 Å². The van der Waals surface area contributed by atoms with Crippen molar-refractivity contribution in [3.63, 3.8) is 0 Å². The lowest BCUT2D eigenvalue weighted by molar-refractivity contribution is 0.474. The quantitative estimate of drug-likeness (QED) is 0.551. The molecule has 0 saturated heterocycles. The summed E-state index contributed by atoms with van der Waals surface area (Å²) in [5, 5.41) is 3.48. The number of hydrogen-bond acceptors (Lipinski definition) is 3. The molecule has 0 aliphatic carbocycles. The van der Waals surface area contributed by atoms with Crippen LogP contribution in [-0.2, 0) is 6.42 Å². The van der Waals surface area contributed by atoms with Gasteiger partial charge in [0.05, 0.1) is 0 Å². The fourth-order valence-corrected chi connectivity index (χ4v) is 2.13. The van der Waals surface area contributed by atoms with E-state index in [2.05, 4.69) is 42.8 Å². The smallest absolute Gasteiger partial charge is 0.00693 e. The van der Waals surface area contributed by atoms with Gasteiger partial charge >= 0.3 is 0 Å². The molecule has 3 heteroatoms. The molecular weight excluding hydrogens is 228 g/mol. The normalized spacial score (nSPS) is 12.6. The maximum absolute atomic E-state index is 5.67. The molecule has 0 radical (unpaired) electrons. The first-order chi connectivity index (χ1) is 8.30. The topological polar surface area (TPSA) is 38.0 Å². The fraction of sp³-hybridized carbons (Fsp3) is 0.571. The Bertz CT molecular complexity index is 294. The summed E-state index contributed by atoms with van der Waals surface area (Å²) in [6, 6.07) is 8.81. The summed E-state index contributed by atoms with van der Waals surface area (Å²) in [6.07, 6.45) is 4.36. The molecule has 0 fully saturated rings. The van der Waals surface area contributed by atoms with Gasteiger partial charge in [-0.25, -0.2) is 0 Å². The van der Waals surface area contributed by atoms with Gasteiger partial charge in [-0.1, -0.05) is 25.5 Å². The van der Waals surface area contributed by atoms with E-state index >= 15 is 0 Å². The molecule has 17 heavy (non-hydrogen) atoms. The molecule has 0 aliphatic rings. The molecule has 1 unspecified atom stereocenters. The van der Waals surface area contributed by atoms with Crippen molar-refractivity contribution in [2.75, 3.05) is 25.9 Å². The average molecular weight is 252 g/mol. The van der Waals surface area contributed by atoms with Crippen LogP contribution in [-0.4, -0.2) is 25.9 Å². The predicted molar refractivity (Wildman–Crippen MR) is 77.6 cm³/mol. The molecule has 1 aromatic carbocycles. The third-order valence-electron chi connectivity index (χ3n) is 3.09. The van der Waals surface area contributed by atoms with Crippen molar-refractivity contribution < 1.29 is 0 Å². The maximum Gasteiger partial charge on any atom is 0.00693 e. The minimum absolute atomic E-state index is 0.619. The van der Waals surface area contributed by atoms with Crippen molar-refractivity contribution in [2.45, 2.75) is 24.7 Å². The van der Waals surface area contributed by atoms with Gasteiger partial charge in [0.15, 0.2) is 0 Å². The summed E-state index contributed by atoms with van der Waals surface area (Å²) in [4.78, 5) is 1.33. The Labute approximate surface area is 109 Å². The maximum atomic E-state index is 5.67. The number of nitrogens with two attached hydrogens (primary N) is 1. The average Bonchev–Trinajstić information content (AvgIpc) is 2.40. The molecule has 2 nitrogen and oxygen atoms in total. The van der Waals surface area contributed by atoms with Gasteiger partial charge in [-0.2, -0.15) is 0 Å². The second-order valence-corrected chi connectivity index (χ2v) is 5.19. The van der Waals surface area contributed by atoms with Crippen LogP contribution in [0.15, 0.2) is 29.2 Å². The first-order valence-corrected chi connectivity index (χ1v) is 7.56. The van der Waals surface area contributed by atoms with Crippen LogP contribution < -0.4 is 11.1 Å². The van der Waals surface area contributed by atoms with Crippen LogP contribution in [0.5, 0.6) is 0 Å². The Morgan fingerprint density at radius 3 is 2.53 bits per heavy atom. The Balaban J connectivity index is 2.21. The van der Waals surface area contributed by atoms with Gasteiger partial charge in [0.25, 0.3) is 0 Å². The lowest BCUT2D eigenvalue weighted by atomic mass is 10.1. The third kappa shape index (κ3) is 5.57. The summed E-state index contributed by atoms with van der Waals surface area (Å²) in [5.74, 6) is 0.619. The summed E-state index contributed by atoms with van der Waals surface area (Å²) >= 11 is 1.79. The highest BCUT2D eigenvalue weighted by Gasteiger charge is 2.02. The van der Waals surface area contributed by atoms with Crippen LogP contribution in [0, 0.1) is 5.92 Å². The Morgan fingerprint density at radius 2 is 2.00 bits per heavy atom. The van der Waals surface area contributed by atoms with Gasteiger partial charge in [-0.15, -0.1) is 11.8 Å². The molecule has 0 bridgehead atoms. The van der Waals surface area contributed by atoms with Crippen molar-refractivity contribution in [3.05, 3.63) is 29.8 Å².